The Labute approximate surface area is 105 Å². The molecule has 0 unspecified atom stereocenters. The van der Waals surface area contributed by atoms with Gasteiger partial charge >= 0.3 is 0 Å². The molecule has 0 bridgehead atoms. The van der Waals surface area contributed by atoms with Crippen LogP contribution in [0.1, 0.15) is 29.6 Å². The minimum Gasteiger partial charge on any atom is -0.368 e. The second-order valence-electron chi connectivity index (χ2n) is 3.72. The van der Waals surface area contributed by atoms with E-state index >= 15 is 0 Å². The van der Waals surface area contributed by atoms with E-state index in [1.54, 1.807) is 18.3 Å². The van der Waals surface area contributed by atoms with E-state index in [1.807, 2.05) is 6.07 Å². The number of nitriles is 1. The fourth-order valence-corrected chi connectivity index (χ4v) is 1.41. The highest BCUT2D eigenvalue weighted by Crippen LogP contribution is 2.02. The van der Waals surface area contributed by atoms with Crippen molar-refractivity contribution < 1.29 is 9.59 Å². The number of rotatable bonds is 6. The van der Waals surface area contributed by atoms with E-state index in [1.165, 1.54) is 6.20 Å². The lowest BCUT2D eigenvalue weighted by molar-refractivity contribution is -0.120. The molecule has 0 saturated carbocycles. The fraction of sp³-hybridized carbons (Fsp3) is 0.333. The van der Waals surface area contributed by atoms with Gasteiger partial charge in [0, 0.05) is 18.8 Å². The van der Waals surface area contributed by atoms with Crippen molar-refractivity contribution in [3.8, 4) is 6.07 Å². The average Bonchev–Trinajstić information content (AvgIpc) is 2.38. The summed E-state index contributed by atoms with van der Waals surface area (Å²) in [6, 6.07) is 4.44. The Morgan fingerprint density at radius 1 is 1.56 bits per heavy atom. The highest BCUT2D eigenvalue weighted by atomic mass is 16.2. The normalized spacial score (nSPS) is 11.3. The molecule has 94 valence electrons. The van der Waals surface area contributed by atoms with Crippen molar-refractivity contribution in [3.05, 3.63) is 30.1 Å². The number of hydrogen-bond acceptors (Lipinski definition) is 4. The Morgan fingerprint density at radius 2 is 2.33 bits per heavy atom. The topological polar surface area (TPSA) is 109 Å². The lowest BCUT2D eigenvalue weighted by atomic mass is 10.1. The summed E-state index contributed by atoms with van der Waals surface area (Å²) in [6.07, 6.45) is 4.15. The van der Waals surface area contributed by atoms with E-state index in [-0.39, 0.29) is 0 Å². The number of primary amides is 1. The monoisotopic (exact) mass is 246 g/mol. The van der Waals surface area contributed by atoms with Gasteiger partial charge in [0.2, 0.25) is 5.91 Å². The summed E-state index contributed by atoms with van der Waals surface area (Å²) in [6.45, 7) is 0. The molecule has 0 aliphatic rings. The maximum atomic E-state index is 11.8. The first-order valence-corrected chi connectivity index (χ1v) is 5.52. The lowest BCUT2D eigenvalue weighted by Gasteiger charge is -2.14. The summed E-state index contributed by atoms with van der Waals surface area (Å²) < 4.78 is 0. The van der Waals surface area contributed by atoms with Gasteiger partial charge in [0.15, 0.2) is 0 Å². The second-order valence-corrected chi connectivity index (χ2v) is 3.72. The summed E-state index contributed by atoms with van der Waals surface area (Å²) in [5.74, 6) is -1.01. The van der Waals surface area contributed by atoms with Gasteiger partial charge in [-0.25, -0.2) is 0 Å². The number of aromatic nitrogens is 1. The predicted molar refractivity (Wildman–Crippen MR) is 64.1 cm³/mol. The van der Waals surface area contributed by atoms with Crippen LogP contribution in [0, 0.1) is 11.3 Å². The first-order chi connectivity index (χ1) is 8.65. The molecule has 0 aromatic carbocycles. The average molecular weight is 246 g/mol. The molecule has 0 saturated heterocycles. The van der Waals surface area contributed by atoms with Gasteiger partial charge in [-0.15, -0.1) is 0 Å². The lowest BCUT2D eigenvalue weighted by Crippen LogP contribution is -2.44. The van der Waals surface area contributed by atoms with Crippen molar-refractivity contribution >= 4 is 11.8 Å². The molecule has 0 fully saturated rings. The molecule has 0 aliphatic carbocycles. The molecular weight excluding hydrogens is 232 g/mol. The molecule has 6 nitrogen and oxygen atoms in total. The fourth-order valence-electron chi connectivity index (χ4n) is 1.41. The number of nitrogens with two attached hydrogens (primary N) is 1. The molecule has 3 N–H and O–H groups in total. The van der Waals surface area contributed by atoms with Gasteiger partial charge in [-0.05, 0) is 25.0 Å². The largest absolute Gasteiger partial charge is 0.368 e. The van der Waals surface area contributed by atoms with Crippen LogP contribution in [-0.4, -0.2) is 22.8 Å². The molecule has 1 rings (SSSR count). The summed E-state index contributed by atoms with van der Waals surface area (Å²) in [7, 11) is 0. The Hall–Kier alpha value is -2.42. The van der Waals surface area contributed by atoms with Gasteiger partial charge in [0.25, 0.3) is 5.91 Å². The number of carbonyl (C=O) groups is 2. The van der Waals surface area contributed by atoms with Crippen LogP contribution in [0.4, 0.5) is 0 Å². The van der Waals surface area contributed by atoms with Crippen LogP contribution in [0.3, 0.4) is 0 Å². The molecule has 6 heteroatoms. The van der Waals surface area contributed by atoms with Crippen molar-refractivity contribution in [1.82, 2.24) is 10.3 Å². The van der Waals surface area contributed by atoms with E-state index in [4.69, 9.17) is 11.0 Å². The number of unbranched alkanes of at least 4 members (excludes halogenated alkanes) is 1. The first-order valence-electron chi connectivity index (χ1n) is 5.52. The van der Waals surface area contributed by atoms with Crippen LogP contribution in [-0.2, 0) is 4.79 Å². The number of nitrogens with zero attached hydrogens (tertiary/aromatic N) is 2. The Balaban J connectivity index is 2.59. The van der Waals surface area contributed by atoms with Crippen molar-refractivity contribution in [2.45, 2.75) is 25.3 Å². The Bertz CT molecular complexity index is 453. The highest BCUT2D eigenvalue weighted by molar-refractivity contribution is 5.96. The number of carbonyl (C=O) groups excluding carboxylic acids is 2. The van der Waals surface area contributed by atoms with Crippen LogP contribution < -0.4 is 11.1 Å². The third-order valence-electron chi connectivity index (χ3n) is 2.35. The van der Waals surface area contributed by atoms with Gasteiger partial charge in [0.05, 0.1) is 11.6 Å². The number of amides is 2. The van der Waals surface area contributed by atoms with Crippen LogP contribution in [0.5, 0.6) is 0 Å². The van der Waals surface area contributed by atoms with E-state index in [0.717, 1.165) is 0 Å². The molecule has 1 atom stereocenters. The van der Waals surface area contributed by atoms with E-state index in [0.29, 0.717) is 24.8 Å². The SMILES string of the molecule is N#CCCC[C@@H](NC(=O)c1cccnc1)C(N)=O. The second kappa shape index (κ2) is 7.01. The standard InChI is InChI=1S/C12H14N4O2/c13-6-2-1-5-10(11(14)17)16-12(18)9-4-3-7-15-8-9/h3-4,7-8,10H,1-2,5H2,(H2,14,17)(H,16,18)/t10-/m1/s1. The van der Waals surface area contributed by atoms with Crippen molar-refractivity contribution in [3.63, 3.8) is 0 Å². The summed E-state index contributed by atoms with van der Waals surface area (Å²) in [5, 5.41) is 10.9. The van der Waals surface area contributed by atoms with Gasteiger partial charge in [-0.1, -0.05) is 0 Å². The molecule has 0 spiro atoms. The van der Waals surface area contributed by atoms with Crippen LogP contribution in [0.25, 0.3) is 0 Å². The van der Waals surface area contributed by atoms with Crippen LogP contribution in [0.2, 0.25) is 0 Å². The van der Waals surface area contributed by atoms with Gasteiger partial charge < -0.3 is 11.1 Å². The third-order valence-corrected chi connectivity index (χ3v) is 2.35. The first kappa shape index (κ1) is 13.6. The molecular formula is C12H14N4O2. The van der Waals surface area contributed by atoms with Gasteiger partial charge in [-0.2, -0.15) is 5.26 Å². The predicted octanol–water partition coefficient (Wildman–Crippen LogP) is 0.359. The zero-order valence-electron chi connectivity index (χ0n) is 9.80. The van der Waals surface area contributed by atoms with E-state index < -0.39 is 17.9 Å². The Kier molecular flexibility index (Phi) is 5.32. The van der Waals surface area contributed by atoms with Crippen molar-refractivity contribution in [1.29, 1.82) is 5.26 Å². The third kappa shape index (κ3) is 4.22. The molecule has 0 aliphatic heterocycles. The summed E-state index contributed by atoms with van der Waals surface area (Å²) >= 11 is 0. The minimum atomic E-state index is -0.758. The quantitative estimate of drug-likeness (QED) is 0.706. The maximum absolute atomic E-state index is 11.8. The Morgan fingerprint density at radius 3 is 2.89 bits per heavy atom. The molecule has 1 aromatic heterocycles. The van der Waals surface area contributed by atoms with E-state index in [9.17, 15) is 9.59 Å². The highest BCUT2D eigenvalue weighted by Gasteiger charge is 2.18. The zero-order valence-corrected chi connectivity index (χ0v) is 9.80. The molecule has 0 radical (unpaired) electrons. The van der Waals surface area contributed by atoms with Gasteiger partial charge in [-0.3, -0.25) is 14.6 Å². The molecule has 2 amide bonds. The van der Waals surface area contributed by atoms with Crippen LogP contribution in [0.15, 0.2) is 24.5 Å². The molecule has 1 aromatic rings. The smallest absolute Gasteiger partial charge is 0.253 e. The molecule has 1 heterocycles. The van der Waals surface area contributed by atoms with Crippen molar-refractivity contribution in [2.24, 2.45) is 5.73 Å². The van der Waals surface area contributed by atoms with E-state index in [2.05, 4.69) is 10.3 Å². The summed E-state index contributed by atoms with van der Waals surface area (Å²) in [4.78, 5) is 26.8. The number of pyridine rings is 1. The van der Waals surface area contributed by atoms with Crippen molar-refractivity contribution in [2.75, 3.05) is 0 Å². The van der Waals surface area contributed by atoms with Gasteiger partial charge in [0.1, 0.15) is 6.04 Å². The number of hydrogen-bond donors (Lipinski definition) is 2. The molecule has 18 heavy (non-hydrogen) atoms. The summed E-state index contributed by atoms with van der Waals surface area (Å²) in [5.41, 5.74) is 5.56. The van der Waals surface area contributed by atoms with Crippen LogP contribution >= 0.6 is 0 Å². The minimum absolute atomic E-state index is 0.326. The number of nitrogens with one attached hydrogen (secondary N) is 1. The zero-order chi connectivity index (χ0) is 13.4. The maximum Gasteiger partial charge on any atom is 0.253 e.